The normalized spacial score (nSPS) is 11.7. The Bertz CT molecular complexity index is 267. The van der Waals surface area contributed by atoms with Gasteiger partial charge in [0.05, 0.1) is 5.03 Å². The minimum Gasteiger partial charge on any atom is -0.312 e. The number of aromatic nitrogens is 1. The zero-order chi connectivity index (χ0) is 11.1. The number of nitrogens with one attached hydrogen (secondary N) is 1. The first-order chi connectivity index (χ1) is 7.08. The zero-order valence-electron chi connectivity index (χ0n) is 9.79. The van der Waals surface area contributed by atoms with Crippen molar-refractivity contribution in [2.75, 3.05) is 12.3 Å². The summed E-state index contributed by atoms with van der Waals surface area (Å²) in [5.74, 6) is 1.13. The second kappa shape index (κ2) is 6.13. The number of thioether (sulfide) groups is 1. The molecule has 0 bridgehead atoms. The van der Waals surface area contributed by atoms with Crippen molar-refractivity contribution in [3.63, 3.8) is 0 Å². The third-order valence-corrected chi connectivity index (χ3v) is 2.89. The molecule has 0 spiro atoms. The lowest BCUT2D eigenvalue weighted by Crippen LogP contribution is -2.36. The molecule has 1 aromatic rings. The second-order valence-electron chi connectivity index (χ2n) is 4.55. The maximum atomic E-state index is 4.27. The van der Waals surface area contributed by atoms with Crippen LogP contribution in [-0.2, 0) is 0 Å². The van der Waals surface area contributed by atoms with Crippen LogP contribution in [0.5, 0.6) is 0 Å². The topological polar surface area (TPSA) is 24.9 Å². The molecule has 0 aliphatic rings. The van der Waals surface area contributed by atoms with Crippen molar-refractivity contribution in [2.24, 2.45) is 0 Å². The summed E-state index contributed by atoms with van der Waals surface area (Å²) in [6.45, 7) is 7.65. The van der Waals surface area contributed by atoms with Gasteiger partial charge in [-0.25, -0.2) is 4.98 Å². The van der Waals surface area contributed by atoms with E-state index in [1.165, 1.54) is 6.42 Å². The van der Waals surface area contributed by atoms with Crippen molar-refractivity contribution in [1.29, 1.82) is 0 Å². The summed E-state index contributed by atoms with van der Waals surface area (Å²) in [6, 6.07) is 6.04. The molecule has 0 amide bonds. The molecule has 3 heteroatoms. The van der Waals surface area contributed by atoms with Crippen LogP contribution in [0.4, 0.5) is 0 Å². The van der Waals surface area contributed by atoms with E-state index in [-0.39, 0.29) is 5.54 Å². The largest absolute Gasteiger partial charge is 0.312 e. The van der Waals surface area contributed by atoms with Crippen LogP contribution in [0.25, 0.3) is 0 Å². The van der Waals surface area contributed by atoms with Gasteiger partial charge < -0.3 is 5.32 Å². The molecule has 0 fully saturated rings. The van der Waals surface area contributed by atoms with Crippen LogP contribution < -0.4 is 5.32 Å². The van der Waals surface area contributed by atoms with E-state index in [9.17, 15) is 0 Å². The molecule has 84 valence electrons. The molecule has 0 aliphatic carbocycles. The van der Waals surface area contributed by atoms with E-state index < -0.39 is 0 Å². The fraction of sp³-hybridized carbons (Fsp3) is 0.583. The predicted molar refractivity (Wildman–Crippen MR) is 67.3 cm³/mol. The van der Waals surface area contributed by atoms with Gasteiger partial charge in [0.15, 0.2) is 0 Å². The predicted octanol–water partition coefficient (Wildman–Crippen LogP) is 2.95. The molecular weight excluding hydrogens is 204 g/mol. The summed E-state index contributed by atoms with van der Waals surface area (Å²) < 4.78 is 0. The summed E-state index contributed by atoms with van der Waals surface area (Å²) in [5, 5.41) is 4.59. The van der Waals surface area contributed by atoms with Crippen molar-refractivity contribution in [3.8, 4) is 0 Å². The molecule has 0 radical (unpaired) electrons. The third-order valence-electron chi connectivity index (χ3n) is 1.86. The summed E-state index contributed by atoms with van der Waals surface area (Å²) in [4.78, 5) is 4.27. The summed E-state index contributed by atoms with van der Waals surface area (Å²) in [6.07, 6.45) is 3.02. The van der Waals surface area contributed by atoms with Gasteiger partial charge >= 0.3 is 0 Å². The van der Waals surface area contributed by atoms with Crippen LogP contribution >= 0.6 is 11.8 Å². The third kappa shape index (κ3) is 6.52. The van der Waals surface area contributed by atoms with Gasteiger partial charge in [-0.05, 0) is 45.9 Å². The van der Waals surface area contributed by atoms with Crippen molar-refractivity contribution in [1.82, 2.24) is 10.3 Å². The summed E-state index contributed by atoms with van der Waals surface area (Å²) >= 11 is 1.82. The average molecular weight is 224 g/mol. The van der Waals surface area contributed by atoms with Crippen LogP contribution in [0, 0.1) is 0 Å². The minimum absolute atomic E-state index is 0.232. The lowest BCUT2D eigenvalue weighted by atomic mass is 10.1. The van der Waals surface area contributed by atoms with E-state index in [4.69, 9.17) is 0 Å². The lowest BCUT2D eigenvalue weighted by Gasteiger charge is -2.20. The first-order valence-corrected chi connectivity index (χ1v) is 6.35. The molecule has 0 saturated heterocycles. The first kappa shape index (κ1) is 12.5. The minimum atomic E-state index is 0.232. The fourth-order valence-corrected chi connectivity index (χ4v) is 1.95. The lowest BCUT2D eigenvalue weighted by molar-refractivity contribution is 0.427. The fourth-order valence-electron chi connectivity index (χ4n) is 1.14. The number of pyridine rings is 1. The second-order valence-corrected chi connectivity index (χ2v) is 5.66. The monoisotopic (exact) mass is 224 g/mol. The van der Waals surface area contributed by atoms with Gasteiger partial charge in [0.1, 0.15) is 0 Å². The maximum absolute atomic E-state index is 4.27. The van der Waals surface area contributed by atoms with Gasteiger partial charge in [0, 0.05) is 17.5 Å². The van der Waals surface area contributed by atoms with Crippen molar-refractivity contribution >= 4 is 11.8 Å². The van der Waals surface area contributed by atoms with E-state index in [1.807, 2.05) is 30.1 Å². The highest BCUT2D eigenvalue weighted by molar-refractivity contribution is 7.99. The number of hydrogen-bond donors (Lipinski definition) is 1. The Labute approximate surface area is 96.9 Å². The van der Waals surface area contributed by atoms with Gasteiger partial charge in [-0.15, -0.1) is 11.8 Å². The highest BCUT2D eigenvalue weighted by Gasteiger charge is 2.06. The Hall–Kier alpha value is -0.540. The van der Waals surface area contributed by atoms with Crippen molar-refractivity contribution in [2.45, 2.75) is 37.8 Å². The first-order valence-electron chi connectivity index (χ1n) is 5.37. The molecule has 1 heterocycles. The van der Waals surface area contributed by atoms with E-state index in [0.29, 0.717) is 0 Å². The Kier molecular flexibility index (Phi) is 5.12. The molecule has 0 aliphatic heterocycles. The van der Waals surface area contributed by atoms with E-state index in [0.717, 1.165) is 17.3 Å². The molecule has 15 heavy (non-hydrogen) atoms. The smallest absolute Gasteiger partial charge is 0.0959 e. The zero-order valence-corrected chi connectivity index (χ0v) is 10.6. The standard InChI is InChI=1S/C12H20N2S/c1-12(2,3)14-9-6-10-15-11-7-4-5-8-13-11/h4-5,7-8,14H,6,9-10H2,1-3H3. The van der Waals surface area contributed by atoms with Crippen LogP contribution in [-0.4, -0.2) is 22.8 Å². The summed E-state index contributed by atoms with van der Waals surface area (Å²) in [7, 11) is 0. The number of nitrogens with zero attached hydrogens (tertiary/aromatic N) is 1. The van der Waals surface area contributed by atoms with Gasteiger partial charge in [-0.3, -0.25) is 0 Å². The van der Waals surface area contributed by atoms with Gasteiger partial charge in [-0.1, -0.05) is 6.07 Å². The Morgan fingerprint density at radius 3 is 2.73 bits per heavy atom. The molecule has 0 unspecified atom stereocenters. The molecule has 1 N–H and O–H groups in total. The molecule has 0 saturated carbocycles. The molecule has 1 aromatic heterocycles. The van der Waals surface area contributed by atoms with Crippen LogP contribution in [0.15, 0.2) is 29.4 Å². The van der Waals surface area contributed by atoms with Crippen LogP contribution in [0.3, 0.4) is 0 Å². The van der Waals surface area contributed by atoms with Crippen LogP contribution in [0.1, 0.15) is 27.2 Å². The molecule has 0 aromatic carbocycles. The quantitative estimate of drug-likeness (QED) is 0.615. The highest BCUT2D eigenvalue weighted by atomic mass is 32.2. The van der Waals surface area contributed by atoms with E-state index in [2.05, 4.69) is 37.1 Å². The average Bonchev–Trinajstić information content (AvgIpc) is 2.17. The maximum Gasteiger partial charge on any atom is 0.0959 e. The Morgan fingerprint density at radius 1 is 1.33 bits per heavy atom. The van der Waals surface area contributed by atoms with Gasteiger partial charge in [0.2, 0.25) is 0 Å². The highest BCUT2D eigenvalue weighted by Crippen LogP contribution is 2.14. The van der Waals surface area contributed by atoms with Crippen molar-refractivity contribution in [3.05, 3.63) is 24.4 Å². The summed E-state index contributed by atoms with van der Waals surface area (Å²) in [5.41, 5.74) is 0.232. The molecular formula is C12H20N2S. The van der Waals surface area contributed by atoms with Crippen molar-refractivity contribution < 1.29 is 0 Å². The van der Waals surface area contributed by atoms with E-state index >= 15 is 0 Å². The van der Waals surface area contributed by atoms with E-state index in [1.54, 1.807) is 0 Å². The molecule has 0 atom stereocenters. The SMILES string of the molecule is CC(C)(C)NCCCSc1ccccn1. The van der Waals surface area contributed by atoms with Crippen LogP contribution in [0.2, 0.25) is 0 Å². The molecule has 2 nitrogen and oxygen atoms in total. The number of rotatable bonds is 5. The Balaban J connectivity index is 2.08. The Morgan fingerprint density at radius 2 is 2.13 bits per heavy atom. The van der Waals surface area contributed by atoms with Gasteiger partial charge in [0.25, 0.3) is 0 Å². The molecule has 1 rings (SSSR count). The number of hydrogen-bond acceptors (Lipinski definition) is 3. The van der Waals surface area contributed by atoms with Gasteiger partial charge in [-0.2, -0.15) is 0 Å².